The number of nitrogens with one attached hydrogen (secondary N) is 2. The quantitative estimate of drug-likeness (QED) is 0.427. The fraction of sp³-hybridized carbons (Fsp3) is 0.440. The highest BCUT2D eigenvalue weighted by molar-refractivity contribution is 6.01. The number of methoxy groups -OCH3 is 1. The fourth-order valence-electron chi connectivity index (χ4n) is 5.33. The molecule has 11 heteroatoms. The van der Waals surface area contributed by atoms with E-state index in [4.69, 9.17) is 9.72 Å². The predicted molar refractivity (Wildman–Crippen MR) is 134 cm³/mol. The maximum absolute atomic E-state index is 14.9. The predicted octanol–water partition coefficient (Wildman–Crippen LogP) is 2.52. The molecule has 4 aromatic rings. The lowest BCUT2D eigenvalue weighted by molar-refractivity contribution is 0.00732. The Morgan fingerprint density at radius 1 is 1.25 bits per heavy atom. The summed E-state index contributed by atoms with van der Waals surface area (Å²) in [5.41, 5.74) is 3.02. The van der Waals surface area contributed by atoms with Crippen LogP contribution in [0, 0.1) is 0 Å². The molecular weight excluding hydrogens is 463 g/mol. The van der Waals surface area contributed by atoms with Gasteiger partial charge in [-0.05, 0) is 32.0 Å². The molecule has 1 amide bonds. The van der Waals surface area contributed by atoms with Gasteiger partial charge in [-0.3, -0.25) is 4.79 Å². The second kappa shape index (κ2) is 8.82. The Balaban J connectivity index is 1.45. The number of rotatable bonds is 6. The van der Waals surface area contributed by atoms with Crippen LogP contribution in [0.1, 0.15) is 29.2 Å². The summed E-state index contributed by atoms with van der Waals surface area (Å²) in [4.78, 5) is 24.6. The van der Waals surface area contributed by atoms with E-state index in [0.717, 1.165) is 23.8 Å². The van der Waals surface area contributed by atoms with E-state index in [0.29, 0.717) is 41.5 Å². The molecule has 2 fully saturated rings. The molecule has 188 valence electrons. The van der Waals surface area contributed by atoms with Crippen LogP contribution in [0.4, 0.5) is 10.2 Å². The zero-order valence-electron chi connectivity index (χ0n) is 20.5. The molecule has 1 saturated carbocycles. The topological polar surface area (TPSA) is 102 Å². The zero-order chi connectivity index (χ0) is 25.0. The number of alkyl halides is 1. The zero-order valence-corrected chi connectivity index (χ0v) is 20.5. The van der Waals surface area contributed by atoms with Crippen molar-refractivity contribution in [1.29, 1.82) is 0 Å². The minimum Gasteiger partial charge on any atom is -0.379 e. The lowest BCUT2D eigenvalue weighted by Gasteiger charge is -2.35. The third-order valence-electron chi connectivity index (χ3n) is 7.43. The number of likely N-dealkylation sites (tertiary alicyclic amines) is 1. The van der Waals surface area contributed by atoms with E-state index in [9.17, 15) is 9.18 Å². The Hall–Kier alpha value is -3.57. The van der Waals surface area contributed by atoms with Gasteiger partial charge in [0.05, 0.1) is 30.1 Å². The van der Waals surface area contributed by atoms with Gasteiger partial charge in [0, 0.05) is 56.7 Å². The van der Waals surface area contributed by atoms with Crippen molar-refractivity contribution in [3.05, 3.63) is 42.4 Å². The molecule has 4 aromatic heterocycles. The van der Waals surface area contributed by atoms with Crippen molar-refractivity contribution in [3.63, 3.8) is 0 Å². The number of carbonyl (C=O) groups is 1. The Kier molecular flexibility index (Phi) is 5.60. The van der Waals surface area contributed by atoms with E-state index >= 15 is 0 Å². The van der Waals surface area contributed by atoms with Crippen molar-refractivity contribution in [2.45, 2.75) is 37.2 Å². The van der Waals surface area contributed by atoms with Crippen LogP contribution in [-0.4, -0.2) is 87.6 Å². The highest BCUT2D eigenvalue weighted by atomic mass is 19.1. The second-order valence-corrected chi connectivity index (χ2v) is 9.63. The number of anilines is 1. The molecule has 0 bridgehead atoms. The number of aromatic nitrogens is 5. The van der Waals surface area contributed by atoms with Gasteiger partial charge in [0.2, 0.25) is 0 Å². The summed E-state index contributed by atoms with van der Waals surface area (Å²) in [5.74, 6) is 0.447. The molecule has 0 unspecified atom stereocenters. The summed E-state index contributed by atoms with van der Waals surface area (Å²) in [5, 5.41) is 11.5. The van der Waals surface area contributed by atoms with Gasteiger partial charge in [-0.15, -0.1) is 0 Å². The molecule has 0 aromatic carbocycles. The standard InChI is InChI=1S/C25H29FN8O2/c1-27-22-9-19(30-24-15(10-29-34(22)24)25(35)31-18-6-7-21(18)36-3)16-11-33(20-13-32(2)12-17(20)26)23-14(16)5-4-8-28-23/h4-5,8-11,17-18,20-21,27H,6-7,12-13H2,1-3H3,(H,31,35)/t17-,18-,20-,21-/m1/s1. The Labute approximate surface area is 207 Å². The van der Waals surface area contributed by atoms with E-state index in [1.807, 2.05) is 40.9 Å². The van der Waals surface area contributed by atoms with Crippen LogP contribution in [0.3, 0.4) is 0 Å². The number of pyridine rings is 1. The van der Waals surface area contributed by atoms with Gasteiger partial charge in [0.1, 0.15) is 23.2 Å². The fourth-order valence-corrected chi connectivity index (χ4v) is 5.33. The van der Waals surface area contributed by atoms with Crippen molar-refractivity contribution < 1.29 is 13.9 Å². The third kappa shape index (κ3) is 3.61. The Morgan fingerprint density at radius 3 is 2.81 bits per heavy atom. The van der Waals surface area contributed by atoms with E-state index in [1.54, 1.807) is 24.9 Å². The van der Waals surface area contributed by atoms with Crippen LogP contribution >= 0.6 is 0 Å². The summed E-state index contributed by atoms with van der Waals surface area (Å²) in [6, 6.07) is 5.36. The molecule has 10 nitrogen and oxygen atoms in total. The molecule has 5 heterocycles. The van der Waals surface area contributed by atoms with Gasteiger partial charge in [-0.1, -0.05) is 0 Å². The normalized spacial score (nSPS) is 24.3. The number of nitrogens with zero attached hydrogens (tertiary/aromatic N) is 6. The van der Waals surface area contributed by atoms with Crippen molar-refractivity contribution in [3.8, 4) is 11.3 Å². The number of hydrogen-bond donors (Lipinski definition) is 2. The number of ether oxygens (including phenoxy) is 1. The minimum absolute atomic E-state index is 0.0216. The summed E-state index contributed by atoms with van der Waals surface area (Å²) in [6.07, 6.45) is 6.03. The van der Waals surface area contributed by atoms with Crippen LogP contribution in [-0.2, 0) is 4.74 Å². The lowest BCUT2D eigenvalue weighted by atomic mass is 9.89. The van der Waals surface area contributed by atoms with Crippen molar-refractivity contribution in [2.75, 3.05) is 39.6 Å². The SMILES string of the molecule is CNc1cc(-c2cn([C@@H]3CN(C)C[C@H]3F)c3ncccc23)nc2c(C(=O)N[C@@H]3CC[C@H]3OC)cnn12. The summed E-state index contributed by atoms with van der Waals surface area (Å²) < 4.78 is 23.9. The van der Waals surface area contributed by atoms with E-state index < -0.39 is 6.17 Å². The highest BCUT2D eigenvalue weighted by Gasteiger charge is 2.35. The molecule has 1 aliphatic carbocycles. The maximum atomic E-state index is 14.9. The molecule has 2 N–H and O–H groups in total. The number of likely N-dealkylation sites (N-methyl/N-ethyl adjacent to an activating group) is 1. The van der Waals surface area contributed by atoms with E-state index in [2.05, 4.69) is 20.7 Å². The largest absolute Gasteiger partial charge is 0.379 e. The summed E-state index contributed by atoms with van der Waals surface area (Å²) in [6.45, 7) is 0.992. The average Bonchev–Trinajstić information content (AvgIpc) is 3.55. The second-order valence-electron chi connectivity index (χ2n) is 9.63. The van der Waals surface area contributed by atoms with Crippen molar-refractivity contribution in [1.82, 2.24) is 34.4 Å². The van der Waals surface area contributed by atoms with Gasteiger partial charge < -0.3 is 24.8 Å². The maximum Gasteiger partial charge on any atom is 0.257 e. The molecule has 2 aliphatic rings. The molecular formula is C25H29FN8O2. The lowest BCUT2D eigenvalue weighted by Crippen LogP contribution is -2.51. The number of amides is 1. The van der Waals surface area contributed by atoms with Gasteiger partial charge in [-0.25, -0.2) is 14.4 Å². The Bertz CT molecular complexity index is 1450. The molecule has 0 spiro atoms. The van der Waals surface area contributed by atoms with E-state index in [1.165, 1.54) is 6.20 Å². The first-order valence-corrected chi connectivity index (χ1v) is 12.2. The number of hydrogen-bond acceptors (Lipinski definition) is 7. The average molecular weight is 493 g/mol. The smallest absolute Gasteiger partial charge is 0.257 e. The molecule has 6 rings (SSSR count). The van der Waals surface area contributed by atoms with Gasteiger partial charge in [0.25, 0.3) is 5.91 Å². The van der Waals surface area contributed by atoms with Crippen molar-refractivity contribution >= 4 is 28.4 Å². The van der Waals surface area contributed by atoms with Crippen LogP contribution < -0.4 is 10.6 Å². The highest BCUT2D eigenvalue weighted by Crippen LogP contribution is 2.35. The first kappa shape index (κ1) is 22.9. The third-order valence-corrected chi connectivity index (χ3v) is 7.43. The number of fused-ring (bicyclic) bond motifs is 2. The van der Waals surface area contributed by atoms with Crippen LogP contribution in [0.2, 0.25) is 0 Å². The molecule has 36 heavy (non-hydrogen) atoms. The molecule has 0 radical (unpaired) electrons. The summed E-state index contributed by atoms with van der Waals surface area (Å²) >= 11 is 0. The van der Waals surface area contributed by atoms with Gasteiger partial charge in [-0.2, -0.15) is 9.61 Å². The number of carbonyl (C=O) groups excluding carboxylic acids is 1. The van der Waals surface area contributed by atoms with E-state index in [-0.39, 0.29) is 24.1 Å². The van der Waals surface area contributed by atoms with Gasteiger partial charge >= 0.3 is 0 Å². The Morgan fingerprint density at radius 2 is 2.11 bits per heavy atom. The molecule has 1 saturated heterocycles. The van der Waals surface area contributed by atoms with Crippen LogP contribution in [0.25, 0.3) is 27.9 Å². The monoisotopic (exact) mass is 492 g/mol. The van der Waals surface area contributed by atoms with Crippen LogP contribution in [0.15, 0.2) is 36.8 Å². The first-order chi connectivity index (χ1) is 17.5. The summed E-state index contributed by atoms with van der Waals surface area (Å²) in [7, 11) is 5.38. The first-order valence-electron chi connectivity index (χ1n) is 12.2. The number of halogens is 1. The minimum atomic E-state index is -0.990. The molecule has 4 atom stereocenters. The van der Waals surface area contributed by atoms with Crippen molar-refractivity contribution in [2.24, 2.45) is 0 Å². The molecule has 1 aliphatic heterocycles. The van der Waals surface area contributed by atoms with Gasteiger partial charge in [0.15, 0.2) is 5.65 Å². The van der Waals surface area contributed by atoms with Crippen LogP contribution in [0.5, 0.6) is 0 Å².